The Kier molecular flexibility index (Phi) is 6.42. The highest BCUT2D eigenvalue weighted by Crippen LogP contribution is 2.32. The molecule has 0 heterocycles. The summed E-state index contributed by atoms with van der Waals surface area (Å²) in [5.74, 6) is 1.33. The fourth-order valence-corrected chi connectivity index (χ4v) is 2.28. The first kappa shape index (κ1) is 17.6. The average molecular weight is 330 g/mol. The van der Waals surface area contributed by atoms with Gasteiger partial charge in [0.05, 0.1) is 13.1 Å². The second-order valence-corrected chi connectivity index (χ2v) is 5.27. The van der Waals surface area contributed by atoms with Gasteiger partial charge in [0.25, 0.3) is 0 Å². The predicted octanol–water partition coefficient (Wildman–Crippen LogP) is 1.87. The zero-order chi connectivity index (χ0) is 17.4. The van der Waals surface area contributed by atoms with E-state index in [-0.39, 0.29) is 11.8 Å². The molecule has 0 aliphatic rings. The first-order valence-corrected chi connectivity index (χ1v) is 7.84. The zero-order valence-corrected chi connectivity index (χ0v) is 13.9. The Morgan fingerprint density at radius 2 is 1.21 bits per heavy atom. The molecule has 2 aromatic carbocycles. The van der Waals surface area contributed by atoms with Crippen molar-refractivity contribution in [2.45, 2.75) is 13.8 Å². The van der Waals surface area contributed by atoms with Gasteiger partial charge in [-0.25, -0.2) is 0 Å². The van der Waals surface area contributed by atoms with Crippen LogP contribution in [-0.4, -0.2) is 38.1 Å². The number of fused-ring (bicyclic) bond motifs is 1. The van der Waals surface area contributed by atoms with Crippen LogP contribution < -0.4 is 20.1 Å². The third-order valence-corrected chi connectivity index (χ3v) is 3.31. The Bertz CT molecular complexity index is 654. The van der Waals surface area contributed by atoms with E-state index in [1.165, 1.54) is 13.8 Å². The third kappa shape index (κ3) is 5.15. The van der Waals surface area contributed by atoms with Crippen molar-refractivity contribution in [3.8, 4) is 11.5 Å². The summed E-state index contributed by atoms with van der Waals surface area (Å²) in [7, 11) is 0. The van der Waals surface area contributed by atoms with Crippen LogP contribution in [0.2, 0.25) is 0 Å². The summed E-state index contributed by atoms with van der Waals surface area (Å²) in [5, 5.41) is 7.28. The van der Waals surface area contributed by atoms with Gasteiger partial charge in [-0.3, -0.25) is 9.59 Å². The summed E-state index contributed by atoms with van der Waals surface area (Å²) in [6.45, 7) is 4.65. The molecule has 0 aliphatic carbocycles. The maximum Gasteiger partial charge on any atom is 0.216 e. The highest BCUT2D eigenvalue weighted by atomic mass is 16.5. The molecule has 0 radical (unpaired) electrons. The Morgan fingerprint density at radius 1 is 0.792 bits per heavy atom. The Labute approximate surface area is 141 Å². The summed E-state index contributed by atoms with van der Waals surface area (Å²) >= 11 is 0. The van der Waals surface area contributed by atoms with Crippen molar-refractivity contribution in [3.05, 3.63) is 36.4 Å². The van der Waals surface area contributed by atoms with E-state index in [0.717, 1.165) is 22.3 Å². The molecule has 0 aromatic heterocycles. The van der Waals surface area contributed by atoms with Gasteiger partial charge in [-0.1, -0.05) is 24.3 Å². The number of ether oxygens (including phenoxy) is 2. The molecule has 2 amide bonds. The van der Waals surface area contributed by atoms with Crippen molar-refractivity contribution in [1.82, 2.24) is 10.6 Å². The Hall–Kier alpha value is -2.76. The van der Waals surface area contributed by atoms with Crippen molar-refractivity contribution < 1.29 is 19.1 Å². The first-order valence-electron chi connectivity index (χ1n) is 7.84. The van der Waals surface area contributed by atoms with Crippen LogP contribution in [0.3, 0.4) is 0 Å². The van der Waals surface area contributed by atoms with Gasteiger partial charge >= 0.3 is 0 Å². The second-order valence-electron chi connectivity index (χ2n) is 5.27. The lowest BCUT2D eigenvalue weighted by molar-refractivity contribution is -0.119. The van der Waals surface area contributed by atoms with Gasteiger partial charge < -0.3 is 20.1 Å². The van der Waals surface area contributed by atoms with E-state index in [9.17, 15) is 9.59 Å². The number of hydrogen-bond acceptors (Lipinski definition) is 4. The van der Waals surface area contributed by atoms with Crippen LogP contribution in [0, 0.1) is 0 Å². The van der Waals surface area contributed by atoms with E-state index in [2.05, 4.69) is 10.6 Å². The molecule has 0 saturated heterocycles. The molecule has 0 aliphatic heterocycles. The lowest BCUT2D eigenvalue weighted by atomic mass is 10.1. The number of amides is 2. The molecular formula is C18H22N2O4. The van der Waals surface area contributed by atoms with E-state index < -0.39 is 0 Å². The summed E-state index contributed by atoms with van der Waals surface area (Å²) < 4.78 is 11.5. The fraction of sp³-hybridized carbons (Fsp3) is 0.333. The number of hydrogen-bond donors (Lipinski definition) is 2. The maximum absolute atomic E-state index is 10.9. The van der Waals surface area contributed by atoms with E-state index >= 15 is 0 Å². The van der Waals surface area contributed by atoms with Crippen molar-refractivity contribution >= 4 is 22.6 Å². The quantitative estimate of drug-likeness (QED) is 0.725. The van der Waals surface area contributed by atoms with Crippen LogP contribution in [-0.2, 0) is 9.59 Å². The van der Waals surface area contributed by atoms with E-state index in [1.807, 2.05) is 36.4 Å². The van der Waals surface area contributed by atoms with Gasteiger partial charge in [0.1, 0.15) is 24.7 Å². The minimum absolute atomic E-state index is 0.0774. The third-order valence-electron chi connectivity index (χ3n) is 3.31. The summed E-state index contributed by atoms with van der Waals surface area (Å²) in [4.78, 5) is 21.7. The minimum Gasteiger partial charge on any atom is -0.491 e. The van der Waals surface area contributed by atoms with Crippen LogP contribution in [0.5, 0.6) is 11.5 Å². The van der Waals surface area contributed by atoms with E-state index in [4.69, 9.17) is 9.47 Å². The van der Waals surface area contributed by atoms with Crippen LogP contribution in [0.25, 0.3) is 10.8 Å². The smallest absolute Gasteiger partial charge is 0.216 e. The lowest BCUT2D eigenvalue weighted by Crippen LogP contribution is -2.25. The number of nitrogens with one attached hydrogen (secondary N) is 2. The lowest BCUT2D eigenvalue weighted by Gasteiger charge is -2.13. The van der Waals surface area contributed by atoms with Gasteiger partial charge in [0, 0.05) is 24.6 Å². The van der Waals surface area contributed by atoms with Gasteiger partial charge in [-0.15, -0.1) is 0 Å². The molecule has 2 rings (SSSR count). The van der Waals surface area contributed by atoms with Crippen LogP contribution in [0.1, 0.15) is 13.8 Å². The maximum atomic E-state index is 10.9. The first-order chi connectivity index (χ1) is 11.6. The zero-order valence-electron chi connectivity index (χ0n) is 13.9. The van der Waals surface area contributed by atoms with Crippen LogP contribution >= 0.6 is 0 Å². The molecule has 0 atom stereocenters. The largest absolute Gasteiger partial charge is 0.491 e. The van der Waals surface area contributed by atoms with Crippen molar-refractivity contribution in [2.24, 2.45) is 0 Å². The molecule has 0 bridgehead atoms. The molecule has 6 nitrogen and oxygen atoms in total. The Balaban J connectivity index is 2.05. The van der Waals surface area contributed by atoms with Crippen LogP contribution in [0.4, 0.5) is 0 Å². The highest BCUT2D eigenvalue weighted by Gasteiger charge is 2.07. The molecule has 2 aromatic rings. The Morgan fingerprint density at radius 3 is 1.58 bits per heavy atom. The van der Waals surface area contributed by atoms with Gasteiger partial charge in [-0.05, 0) is 12.1 Å². The second kappa shape index (κ2) is 8.76. The minimum atomic E-state index is -0.0774. The topological polar surface area (TPSA) is 76.7 Å². The molecule has 128 valence electrons. The molecule has 6 heteroatoms. The van der Waals surface area contributed by atoms with E-state index in [1.54, 1.807) is 0 Å². The molecule has 24 heavy (non-hydrogen) atoms. The number of rotatable bonds is 8. The molecule has 0 fully saturated rings. The van der Waals surface area contributed by atoms with Gasteiger partial charge in [0.15, 0.2) is 0 Å². The SMILES string of the molecule is CC(=O)NCCOc1cccc2c(OCCNC(C)=O)cccc12. The van der Waals surface area contributed by atoms with Crippen molar-refractivity contribution in [2.75, 3.05) is 26.3 Å². The van der Waals surface area contributed by atoms with Gasteiger partial charge in [0.2, 0.25) is 11.8 Å². The summed E-state index contributed by atoms with van der Waals surface area (Å²) in [6, 6.07) is 11.5. The van der Waals surface area contributed by atoms with Gasteiger partial charge in [-0.2, -0.15) is 0 Å². The van der Waals surface area contributed by atoms with Crippen molar-refractivity contribution in [3.63, 3.8) is 0 Å². The predicted molar refractivity (Wildman–Crippen MR) is 92.3 cm³/mol. The number of benzene rings is 2. The molecule has 0 saturated carbocycles. The standard InChI is InChI=1S/C18H22N2O4/c1-13(21)19-9-11-23-17-7-3-6-16-15(17)5-4-8-18(16)24-12-10-20-14(2)22/h3-8H,9-12H2,1-2H3,(H,19,21)(H,20,22). The fourth-order valence-electron chi connectivity index (χ4n) is 2.28. The molecule has 0 spiro atoms. The number of carbonyl (C=O) groups excluding carboxylic acids is 2. The highest BCUT2D eigenvalue weighted by molar-refractivity contribution is 5.93. The molecule has 0 unspecified atom stereocenters. The molecule has 2 N–H and O–H groups in total. The molecular weight excluding hydrogens is 308 g/mol. The monoisotopic (exact) mass is 330 g/mol. The summed E-state index contributed by atoms with van der Waals surface area (Å²) in [6.07, 6.45) is 0. The van der Waals surface area contributed by atoms with Crippen LogP contribution in [0.15, 0.2) is 36.4 Å². The number of carbonyl (C=O) groups is 2. The van der Waals surface area contributed by atoms with Crippen molar-refractivity contribution in [1.29, 1.82) is 0 Å². The average Bonchev–Trinajstić information content (AvgIpc) is 2.55. The summed E-state index contributed by atoms with van der Waals surface area (Å²) in [5.41, 5.74) is 0. The normalized spacial score (nSPS) is 10.2. The van der Waals surface area contributed by atoms with E-state index in [0.29, 0.717) is 26.3 Å².